The summed E-state index contributed by atoms with van der Waals surface area (Å²) in [4.78, 5) is 39.0. The van der Waals surface area contributed by atoms with Gasteiger partial charge in [0, 0.05) is 5.69 Å². The Balaban J connectivity index is 1.43. The molecule has 0 aromatic heterocycles. The van der Waals surface area contributed by atoms with Crippen LogP contribution in [0.15, 0.2) is 74.5 Å². The van der Waals surface area contributed by atoms with Gasteiger partial charge in [-0.05, 0) is 105 Å². The molecular weight excluding hydrogens is 608 g/mol. The molecule has 3 aromatic rings. The maximum atomic E-state index is 12.9. The van der Waals surface area contributed by atoms with E-state index in [1.54, 1.807) is 12.1 Å². The van der Waals surface area contributed by atoms with Crippen molar-refractivity contribution in [2.75, 3.05) is 11.9 Å². The smallest absolute Gasteiger partial charge is 0.294 e. The van der Waals surface area contributed by atoms with Gasteiger partial charge in [0.15, 0.2) is 0 Å². The van der Waals surface area contributed by atoms with E-state index in [1.807, 2.05) is 68.4 Å². The molecule has 9 heteroatoms. The van der Waals surface area contributed by atoms with Crippen LogP contribution in [0.5, 0.6) is 5.75 Å². The SMILES string of the molecule is Cc1ccc(COc2c(Br)cc(/C=C3\SC(=O)N(CC(=O)Nc4cccc(C)c4)C3=O)cc2Br)cc1. The molecule has 0 spiro atoms. The minimum atomic E-state index is -0.503. The molecular formula is C27H22Br2N2O4S. The van der Waals surface area contributed by atoms with E-state index in [2.05, 4.69) is 37.2 Å². The Morgan fingerprint density at radius 3 is 2.36 bits per heavy atom. The first-order valence-corrected chi connectivity index (χ1v) is 13.4. The average Bonchev–Trinajstić information content (AvgIpc) is 3.07. The lowest BCUT2D eigenvalue weighted by molar-refractivity contribution is -0.127. The topological polar surface area (TPSA) is 75.7 Å². The molecule has 3 aromatic carbocycles. The van der Waals surface area contributed by atoms with Gasteiger partial charge in [-0.3, -0.25) is 19.3 Å². The van der Waals surface area contributed by atoms with E-state index in [1.165, 1.54) is 5.56 Å². The van der Waals surface area contributed by atoms with E-state index in [0.717, 1.165) is 27.8 Å². The second kappa shape index (κ2) is 11.5. The maximum absolute atomic E-state index is 12.9. The minimum Gasteiger partial charge on any atom is -0.487 e. The summed E-state index contributed by atoms with van der Waals surface area (Å²) in [7, 11) is 0. The molecule has 0 aliphatic carbocycles. The van der Waals surface area contributed by atoms with Gasteiger partial charge in [-0.1, -0.05) is 42.0 Å². The maximum Gasteiger partial charge on any atom is 0.294 e. The van der Waals surface area contributed by atoms with E-state index >= 15 is 0 Å². The molecule has 1 saturated heterocycles. The molecule has 6 nitrogen and oxygen atoms in total. The van der Waals surface area contributed by atoms with E-state index in [9.17, 15) is 14.4 Å². The highest BCUT2D eigenvalue weighted by atomic mass is 79.9. The van der Waals surface area contributed by atoms with Crippen molar-refractivity contribution in [2.24, 2.45) is 0 Å². The molecule has 0 bridgehead atoms. The molecule has 0 radical (unpaired) electrons. The van der Waals surface area contributed by atoms with E-state index in [-0.39, 0.29) is 11.4 Å². The van der Waals surface area contributed by atoms with E-state index in [0.29, 0.717) is 32.6 Å². The fourth-order valence-corrected chi connectivity index (χ4v) is 5.78. The summed E-state index contributed by atoms with van der Waals surface area (Å²) in [6.45, 7) is 4.00. The summed E-state index contributed by atoms with van der Waals surface area (Å²) in [5.74, 6) is -0.310. The van der Waals surface area contributed by atoms with Gasteiger partial charge < -0.3 is 10.1 Å². The molecule has 1 heterocycles. The van der Waals surface area contributed by atoms with Crippen LogP contribution in [-0.2, 0) is 16.2 Å². The summed E-state index contributed by atoms with van der Waals surface area (Å²) in [6.07, 6.45) is 1.63. The second-order valence-electron chi connectivity index (χ2n) is 8.27. The molecule has 1 fully saturated rings. The first kappa shape index (κ1) is 26.2. The van der Waals surface area contributed by atoms with Gasteiger partial charge in [-0.25, -0.2) is 0 Å². The Kier molecular flexibility index (Phi) is 8.33. The molecule has 1 aliphatic rings. The number of thioether (sulfide) groups is 1. The Labute approximate surface area is 230 Å². The number of halogens is 2. The van der Waals surface area contributed by atoms with Gasteiger partial charge in [0.2, 0.25) is 5.91 Å². The van der Waals surface area contributed by atoms with Crippen molar-refractivity contribution in [3.05, 3.63) is 96.8 Å². The molecule has 4 rings (SSSR count). The number of carbonyl (C=O) groups excluding carboxylic acids is 3. The van der Waals surface area contributed by atoms with Crippen LogP contribution in [0.25, 0.3) is 6.08 Å². The van der Waals surface area contributed by atoms with Gasteiger partial charge in [0.1, 0.15) is 18.9 Å². The van der Waals surface area contributed by atoms with Crippen molar-refractivity contribution >= 4 is 72.4 Å². The van der Waals surface area contributed by atoms with Gasteiger partial charge in [0.25, 0.3) is 11.1 Å². The van der Waals surface area contributed by atoms with Crippen LogP contribution >= 0.6 is 43.6 Å². The Hall–Kier alpha value is -2.88. The first-order valence-electron chi connectivity index (χ1n) is 11.0. The average molecular weight is 630 g/mol. The van der Waals surface area contributed by atoms with Gasteiger partial charge in [0.05, 0.1) is 13.9 Å². The molecule has 36 heavy (non-hydrogen) atoms. The summed E-state index contributed by atoms with van der Waals surface area (Å²) in [6, 6.07) is 19.0. The van der Waals surface area contributed by atoms with Crippen molar-refractivity contribution in [1.82, 2.24) is 4.90 Å². The zero-order chi connectivity index (χ0) is 25.8. The number of hydrogen-bond acceptors (Lipinski definition) is 5. The number of aryl methyl sites for hydroxylation is 2. The largest absolute Gasteiger partial charge is 0.487 e. The van der Waals surface area contributed by atoms with E-state index in [4.69, 9.17) is 4.74 Å². The van der Waals surface area contributed by atoms with Gasteiger partial charge in [-0.2, -0.15) is 0 Å². The number of rotatable bonds is 7. The predicted octanol–water partition coefficient (Wildman–Crippen LogP) is 7.08. The predicted molar refractivity (Wildman–Crippen MR) is 150 cm³/mol. The summed E-state index contributed by atoms with van der Waals surface area (Å²) < 4.78 is 7.38. The Bertz CT molecular complexity index is 1350. The van der Waals surface area contributed by atoms with Crippen LogP contribution in [0, 0.1) is 13.8 Å². The second-order valence-corrected chi connectivity index (χ2v) is 11.0. The summed E-state index contributed by atoms with van der Waals surface area (Å²) in [5, 5.41) is 2.24. The third-order valence-corrected chi connectivity index (χ3v) is 7.38. The fraction of sp³-hybridized carbons (Fsp3) is 0.148. The number of hydrogen-bond donors (Lipinski definition) is 1. The highest BCUT2D eigenvalue weighted by Crippen LogP contribution is 2.38. The van der Waals surface area contributed by atoms with Crippen molar-refractivity contribution in [1.29, 1.82) is 0 Å². The van der Waals surface area contributed by atoms with Crippen molar-refractivity contribution in [3.63, 3.8) is 0 Å². The third kappa shape index (κ3) is 6.46. The van der Waals surface area contributed by atoms with Crippen LogP contribution < -0.4 is 10.1 Å². The molecule has 0 atom stereocenters. The standard InChI is InChI=1S/C27H22Br2N2O4S/c1-16-6-8-18(9-7-16)15-35-25-21(28)11-19(12-22(25)29)13-23-26(33)31(27(34)36-23)14-24(32)30-20-5-3-4-17(2)10-20/h3-13H,14-15H2,1-2H3,(H,30,32)/b23-13-. The first-order chi connectivity index (χ1) is 17.2. The van der Waals surface area contributed by atoms with E-state index < -0.39 is 17.1 Å². The molecule has 1 N–H and O–H groups in total. The highest BCUT2D eigenvalue weighted by molar-refractivity contribution is 9.11. The minimum absolute atomic E-state index is 0.246. The Morgan fingerprint density at radius 1 is 1.00 bits per heavy atom. The Morgan fingerprint density at radius 2 is 1.69 bits per heavy atom. The number of carbonyl (C=O) groups is 3. The number of imide groups is 1. The van der Waals surface area contributed by atoms with Crippen molar-refractivity contribution in [3.8, 4) is 5.75 Å². The number of amides is 3. The lowest BCUT2D eigenvalue weighted by Gasteiger charge is -2.13. The number of anilines is 1. The normalized spacial score (nSPS) is 14.4. The quantitative estimate of drug-likeness (QED) is 0.283. The molecule has 184 valence electrons. The fourth-order valence-electron chi connectivity index (χ4n) is 3.50. The molecule has 1 aliphatic heterocycles. The van der Waals surface area contributed by atoms with Crippen LogP contribution in [0.3, 0.4) is 0 Å². The lowest BCUT2D eigenvalue weighted by atomic mass is 10.1. The monoisotopic (exact) mass is 628 g/mol. The number of benzene rings is 3. The summed E-state index contributed by atoms with van der Waals surface area (Å²) >= 11 is 7.88. The zero-order valence-corrected chi connectivity index (χ0v) is 23.5. The molecule has 0 unspecified atom stereocenters. The third-order valence-electron chi connectivity index (χ3n) is 5.30. The van der Waals surface area contributed by atoms with Crippen LogP contribution in [0.1, 0.15) is 22.3 Å². The summed E-state index contributed by atoms with van der Waals surface area (Å²) in [5.41, 5.74) is 4.53. The van der Waals surface area contributed by atoms with Crippen LogP contribution in [-0.4, -0.2) is 28.5 Å². The van der Waals surface area contributed by atoms with Gasteiger partial charge >= 0.3 is 0 Å². The number of nitrogens with one attached hydrogen (secondary N) is 1. The number of nitrogens with zero attached hydrogens (tertiary/aromatic N) is 1. The highest BCUT2D eigenvalue weighted by Gasteiger charge is 2.36. The van der Waals surface area contributed by atoms with Crippen LogP contribution in [0.2, 0.25) is 0 Å². The number of ether oxygens (including phenoxy) is 1. The zero-order valence-electron chi connectivity index (χ0n) is 19.5. The molecule has 3 amide bonds. The van der Waals surface area contributed by atoms with Gasteiger partial charge in [-0.15, -0.1) is 0 Å². The molecule has 0 saturated carbocycles. The van der Waals surface area contributed by atoms with Crippen molar-refractivity contribution in [2.45, 2.75) is 20.5 Å². The lowest BCUT2D eigenvalue weighted by Crippen LogP contribution is -2.36. The van der Waals surface area contributed by atoms with Crippen LogP contribution in [0.4, 0.5) is 10.5 Å². The van der Waals surface area contributed by atoms with Crippen molar-refractivity contribution < 1.29 is 19.1 Å².